The van der Waals surface area contributed by atoms with E-state index in [1.807, 2.05) is 11.9 Å². The zero-order valence-electron chi connectivity index (χ0n) is 8.03. The van der Waals surface area contributed by atoms with Gasteiger partial charge in [0.2, 0.25) is 0 Å². The predicted octanol–water partition coefficient (Wildman–Crippen LogP) is 1.54. The lowest BCUT2D eigenvalue weighted by Crippen LogP contribution is -2.28. The summed E-state index contributed by atoms with van der Waals surface area (Å²) in [6.07, 6.45) is 0. The molecule has 1 rings (SSSR count). The number of nitrogens with zero attached hydrogens (tertiary/aromatic N) is 1. The van der Waals surface area contributed by atoms with Gasteiger partial charge in [0.15, 0.2) is 0 Å². The fourth-order valence-corrected chi connectivity index (χ4v) is 1.44. The molecule has 0 saturated heterocycles. The molecule has 1 aromatic carbocycles. The van der Waals surface area contributed by atoms with Gasteiger partial charge in [-0.05, 0) is 24.7 Å². The van der Waals surface area contributed by atoms with Gasteiger partial charge < -0.3 is 5.73 Å². The van der Waals surface area contributed by atoms with Crippen LogP contribution in [-0.4, -0.2) is 23.5 Å². The highest BCUT2D eigenvalue weighted by Gasteiger charge is 2.01. The molecule has 0 aliphatic carbocycles. The largest absolute Gasteiger partial charge is 0.392 e. The van der Waals surface area contributed by atoms with Gasteiger partial charge in [0.25, 0.3) is 0 Å². The molecule has 14 heavy (non-hydrogen) atoms. The molecule has 0 unspecified atom stereocenters. The maximum atomic E-state index is 12.6. The van der Waals surface area contributed by atoms with Crippen molar-refractivity contribution >= 4 is 17.2 Å². The highest BCUT2D eigenvalue weighted by Crippen LogP contribution is 2.04. The SMILES string of the molecule is CN(CC(N)=S)Cc1ccc(F)cc1. The molecule has 2 nitrogen and oxygen atoms in total. The van der Waals surface area contributed by atoms with Gasteiger partial charge >= 0.3 is 0 Å². The van der Waals surface area contributed by atoms with Crippen LogP contribution in [0.1, 0.15) is 5.56 Å². The Morgan fingerprint density at radius 3 is 2.50 bits per heavy atom. The van der Waals surface area contributed by atoms with E-state index in [0.29, 0.717) is 11.5 Å². The fourth-order valence-electron chi connectivity index (χ4n) is 1.22. The van der Waals surface area contributed by atoms with Crippen molar-refractivity contribution < 1.29 is 4.39 Å². The number of halogens is 1. The molecule has 0 saturated carbocycles. The number of hydrogen-bond acceptors (Lipinski definition) is 2. The number of hydrogen-bond donors (Lipinski definition) is 1. The van der Waals surface area contributed by atoms with Gasteiger partial charge in [-0.15, -0.1) is 0 Å². The van der Waals surface area contributed by atoms with Crippen molar-refractivity contribution in [1.29, 1.82) is 0 Å². The van der Waals surface area contributed by atoms with E-state index in [9.17, 15) is 4.39 Å². The zero-order chi connectivity index (χ0) is 10.6. The monoisotopic (exact) mass is 212 g/mol. The van der Waals surface area contributed by atoms with E-state index in [0.717, 1.165) is 12.1 Å². The average Bonchev–Trinajstić information content (AvgIpc) is 2.07. The van der Waals surface area contributed by atoms with Gasteiger partial charge in [-0.2, -0.15) is 0 Å². The molecule has 0 heterocycles. The van der Waals surface area contributed by atoms with E-state index in [1.54, 1.807) is 12.1 Å². The molecular formula is C10H13FN2S. The summed E-state index contributed by atoms with van der Waals surface area (Å²) in [5, 5.41) is 0. The van der Waals surface area contributed by atoms with E-state index in [4.69, 9.17) is 18.0 Å². The summed E-state index contributed by atoms with van der Waals surface area (Å²) in [6, 6.07) is 6.41. The maximum Gasteiger partial charge on any atom is 0.123 e. The van der Waals surface area contributed by atoms with Crippen molar-refractivity contribution in [2.45, 2.75) is 6.54 Å². The summed E-state index contributed by atoms with van der Waals surface area (Å²) in [5.41, 5.74) is 6.45. The number of thiocarbonyl (C=S) groups is 1. The number of nitrogens with two attached hydrogens (primary N) is 1. The molecule has 0 bridgehead atoms. The Labute approximate surface area is 88.5 Å². The molecule has 4 heteroatoms. The van der Waals surface area contributed by atoms with Gasteiger partial charge in [0.05, 0.1) is 4.99 Å². The second-order valence-electron chi connectivity index (χ2n) is 3.27. The van der Waals surface area contributed by atoms with Crippen LogP contribution in [0.4, 0.5) is 4.39 Å². The third kappa shape index (κ3) is 3.81. The molecule has 0 aliphatic rings. The lowest BCUT2D eigenvalue weighted by atomic mass is 10.2. The van der Waals surface area contributed by atoms with Crippen molar-refractivity contribution in [3.05, 3.63) is 35.6 Å². The molecular weight excluding hydrogens is 199 g/mol. The smallest absolute Gasteiger partial charge is 0.123 e. The first-order chi connectivity index (χ1) is 6.58. The van der Waals surface area contributed by atoms with E-state index >= 15 is 0 Å². The third-order valence-electron chi connectivity index (χ3n) is 1.79. The number of likely N-dealkylation sites (N-methyl/N-ethyl adjacent to an activating group) is 1. The first-order valence-corrected chi connectivity index (χ1v) is 4.70. The normalized spacial score (nSPS) is 10.5. The fraction of sp³-hybridized carbons (Fsp3) is 0.300. The van der Waals surface area contributed by atoms with Gasteiger partial charge in [-0.25, -0.2) is 4.39 Å². The quantitative estimate of drug-likeness (QED) is 0.768. The topological polar surface area (TPSA) is 29.3 Å². The van der Waals surface area contributed by atoms with Crippen LogP contribution in [0.25, 0.3) is 0 Å². The summed E-state index contributed by atoms with van der Waals surface area (Å²) in [4.78, 5) is 2.45. The average molecular weight is 212 g/mol. The van der Waals surface area contributed by atoms with Crippen LogP contribution in [0.5, 0.6) is 0 Å². The minimum atomic E-state index is -0.217. The molecule has 76 valence electrons. The number of rotatable bonds is 4. The standard InChI is InChI=1S/C10H13FN2S/c1-13(7-10(12)14)6-8-2-4-9(11)5-3-8/h2-5H,6-7H2,1H3,(H2,12,14). The molecule has 0 spiro atoms. The summed E-state index contributed by atoms with van der Waals surface area (Å²) >= 11 is 4.78. The summed E-state index contributed by atoms with van der Waals surface area (Å²) in [6.45, 7) is 1.30. The van der Waals surface area contributed by atoms with E-state index < -0.39 is 0 Å². The lowest BCUT2D eigenvalue weighted by Gasteiger charge is -2.15. The molecule has 0 atom stereocenters. The number of benzene rings is 1. The molecule has 0 amide bonds. The Hall–Kier alpha value is -1.00. The molecule has 0 aromatic heterocycles. The molecule has 0 fully saturated rings. The predicted molar refractivity (Wildman–Crippen MR) is 59.5 cm³/mol. The van der Waals surface area contributed by atoms with Crippen LogP contribution in [-0.2, 0) is 6.54 Å². The minimum Gasteiger partial charge on any atom is -0.392 e. The summed E-state index contributed by atoms with van der Waals surface area (Å²) in [5.74, 6) is -0.217. The molecule has 0 aliphatic heterocycles. The molecule has 2 N–H and O–H groups in total. The first-order valence-electron chi connectivity index (χ1n) is 4.29. The van der Waals surface area contributed by atoms with Crippen LogP contribution in [0, 0.1) is 5.82 Å². The first kappa shape index (κ1) is 11.1. The van der Waals surface area contributed by atoms with Gasteiger partial charge in [0, 0.05) is 13.1 Å². The third-order valence-corrected chi connectivity index (χ3v) is 1.92. The van der Waals surface area contributed by atoms with Crippen LogP contribution in [0.2, 0.25) is 0 Å². The molecule has 0 radical (unpaired) electrons. The van der Waals surface area contributed by atoms with Gasteiger partial charge in [-0.1, -0.05) is 24.4 Å². The van der Waals surface area contributed by atoms with Crippen molar-refractivity contribution in [1.82, 2.24) is 4.90 Å². The molecule has 1 aromatic rings. The van der Waals surface area contributed by atoms with Crippen molar-refractivity contribution in [2.24, 2.45) is 5.73 Å². The van der Waals surface area contributed by atoms with Crippen LogP contribution in [0.3, 0.4) is 0 Å². The van der Waals surface area contributed by atoms with E-state index in [1.165, 1.54) is 12.1 Å². The van der Waals surface area contributed by atoms with Crippen LogP contribution in [0.15, 0.2) is 24.3 Å². The van der Waals surface area contributed by atoms with Crippen molar-refractivity contribution in [3.63, 3.8) is 0 Å². The Morgan fingerprint density at radius 2 is 2.00 bits per heavy atom. The Morgan fingerprint density at radius 1 is 1.43 bits per heavy atom. The minimum absolute atomic E-state index is 0.217. The highest BCUT2D eigenvalue weighted by molar-refractivity contribution is 7.80. The van der Waals surface area contributed by atoms with Gasteiger partial charge in [0.1, 0.15) is 5.82 Å². The lowest BCUT2D eigenvalue weighted by molar-refractivity contribution is 0.374. The van der Waals surface area contributed by atoms with Crippen molar-refractivity contribution in [3.8, 4) is 0 Å². The van der Waals surface area contributed by atoms with E-state index in [-0.39, 0.29) is 5.82 Å². The van der Waals surface area contributed by atoms with Gasteiger partial charge in [-0.3, -0.25) is 4.90 Å². The summed E-state index contributed by atoms with van der Waals surface area (Å²) < 4.78 is 12.6. The maximum absolute atomic E-state index is 12.6. The Bertz CT molecular complexity index is 310. The Balaban J connectivity index is 2.51. The Kier molecular flexibility index (Phi) is 3.98. The zero-order valence-corrected chi connectivity index (χ0v) is 8.85. The van der Waals surface area contributed by atoms with E-state index in [2.05, 4.69) is 0 Å². The second-order valence-corrected chi connectivity index (χ2v) is 3.79. The van der Waals surface area contributed by atoms with Crippen molar-refractivity contribution in [2.75, 3.05) is 13.6 Å². The second kappa shape index (κ2) is 5.02. The summed E-state index contributed by atoms with van der Waals surface area (Å²) in [7, 11) is 1.92. The highest BCUT2D eigenvalue weighted by atomic mass is 32.1. The van der Waals surface area contributed by atoms with Crippen LogP contribution < -0.4 is 5.73 Å². The van der Waals surface area contributed by atoms with Crippen LogP contribution >= 0.6 is 12.2 Å².